The smallest absolute Gasteiger partial charge is 0.338 e. The lowest BCUT2D eigenvalue weighted by atomic mass is 10.2. The molecule has 0 saturated heterocycles. The first-order valence-electron chi connectivity index (χ1n) is 5.09. The maximum atomic E-state index is 11.9. The van der Waals surface area contributed by atoms with Crippen LogP contribution in [0.5, 0.6) is 5.75 Å². The molecule has 2 aromatic rings. The van der Waals surface area contributed by atoms with Gasteiger partial charge in [-0.2, -0.15) is 0 Å². The molecule has 1 amide bonds. The standard InChI is InChI=1S/C12H8ClNO4S/c13-6-1-2-9(15)8(5-6)10(16)14-11-7(12(17)18)3-4-19-11/h1-5,15H,(H,14,16)(H,17,18). The normalized spacial score (nSPS) is 10.2. The van der Waals surface area contributed by atoms with Gasteiger partial charge in [0, 0.05) is 5.02 Å². The molecule has 7 heteroatoms. The largest absolute Gasteiger partial charge is 0.507 e. The first-order chi connectivity index (χ1) is 8.99. The van der Waals surface area contributed by atoms with Crippen molar-refractivity contribution in [3.8, 4) is 5.75 Å². The predicted molar refractivity (Wildman–Crippen MR) is 72.3 cm³/mol. The molecule has 1 aromatic carbocycles. The van der Waals surface area contributed by atoms with Crippen LogP contribution in [-0.4, -0.2) is 22.1 Å². The van der Waals surface area contributed by atoms with Crippen LogP contribution >= 0.6 is 22.9 Å². The minimum absolute atomic E-state index is 0.000122. The van der Waals surface area contributed by atoms with Gasteiger partial charge in [0.15, 0.2) is 0 Å². The first kappa shape index (κ1) is 13.4. The number of amides is 1. The number of carbonyl (C=O) groups excluding carboxylic acids is 1. The summed E-state index contributed by atoms with van der Waals surface area (Å²) in [4.78, 5) is 22.9. The topological polar surface area (TPSA) is 86.6 Å². The molecule has 0 bridgehead atoms. The number of halogens is 1. The number of rotatable bonds is 3. The Kier molecular flexibility index (Phi) is 3.73. The zero-order valence-corrected chi connectivity index (χ0v) is 11.0. The zero-order chi connectivity index (χ0) is 14.0. The molecule has 0 unspecified atom stereocenters. The number of nitrogens with one attached hydrogen (secondary N) is 1. The zero-order valence-electron chi connectivity index (χ0n) is 9.38. The molecule has 0 radical (unpaired) electrons. The minimum atomic E-state index is -1.13. The Labute approximate surface area is 117 Å². The highest BCUT2D eigenvalue weighted by atomic mass is 35.5. The summed E-state index contributed by atoms with van der Waals surface area (Å²) in [6.07, 6.45) is 0. The van der Waals surface area contributed by atoms with Gasteiger partial charge >= 0.3 is 5.97 Å². The molecule has 2 rings (SSSR count). The number of carbonyl (C=O) groups is 2. The van der Waals surface area contributed by atoms with Crippen LogP contribution in [0, 0.1) is 0 Å². The van der Waals surface area contributed by atoms with Gasteiger partial charge in [0.1, 0.15) is 10.8 Å². The van der Waals surface area contributed by atoms with Gasteiger partial charge in [-0.1, -0.05) is 11.6 Å². The van der Waals surface area contributed by atoms with E-state index in [0.29, 0.717) is 5.02 Å². The van der Waals surface area contributed by atoms with Gasteiger partial charge in [-0.15, -0.1) is 11.3 Å². The third-order valence-corrected chi connectivity index (χ3v) is 3.39. The SMILES string of the molecule is O=C(Nc1sccc1C(=O)O)c1cc(Cl)ccc1O. The summed E-state index contributed by atoms with van der Waals surface area (Å²) in [5, 5.41) is 23.0. The van der Waals surface area contributed by atoms with E-state index in [2.05, 4.69) is 5.32 Å². The fourth-order valence-electron chi connectivity index (χ4n) is 1.44. The Morgan fingerprint density at radius 3 is 2.63 bits per heavy atom. The number of aromatic carboxylic acids is 1. The van der Waals surface area contributed by atoms with Crippen molar-refractivity contribution in [1.29, 1.82) is 0 Å². The summed E-state index contributed by atoms with van der Waals surface area (Å²) in [6, 6.07) is 5.44. The van der Waals surface area contributed by atoms with E-state index >= 15 is 0 Å². The quantitative estimate of drug-likeness (QED) is 0.812. The second-order valence-corrected chi connectivity index (χ2v) is 4.94. The Morgan fingerprint density at radius 1 is 1.21 bits per heavy atom. The van der Waals surface area contributed by atoms with E-state index in [-0.39, 0.29) is 21.9 Å². The van der Waals surface area contributed by atoms with Crippen molar-refractivity contribution in [2.75, 3.05) is 5.32 Å². The second-order valence-electron chi connectivity index (χ2n) is 3.58. The molecule has 0 aliphatic rings. The number of carboxylic acids is 1. The van der Waals surface area contributed by atoms with Crippen LogP contribution < -0.4 is 5.32 Å². The summed E-state index contributed by atoms with van der Waals surface area (Å²) in [7, 11) is 0. The Bertz CT molecular complexity index is 653. The van der Waals surface area contributed by atoms with E-state index < -0.39 is 11.9 Å². The van der Waals surface area contributed by atoms with Gasteiger partial charge in [0.2, 0.25) is 0 Å². The lowest BCUT2D eigenvalue weighted by molar-refractivity contribution is 0.0698. The van der Waals surface area contributed by atoms with Crippen LogP contribution in [0.3, 0.4) is 0 Å². The molecule has 0 saturated carbocycles. The van der Waals surface area contributed by atoms with Crippen LogP contribution in [0.25, 0.3) is 0 Å². The molecular weight excluding hydrogens is 290 g/mol. The number of benzene rings is 1. The molecule has 5 nitrogen and oxygen atoms in total. The highest BCUT2D eigenvalue weighted by Crippen LogP contribution is 2.26. The average molecular weight is 298 g/mol. The van der Waals surface area contributed by atoms with Crippen molar-refractivity contribution in [3.05, 3.63) is 45.8 Å². The average Bonchev–Trinajstić information content (AvgIpc) is 2.80. The van der Waals surface area contributed by atoms with Crippen LogP contribution in [0.4, 0.5) is 5.00 Å². The van der Waals surface area contributed by atoms with Crippen LogP contribution in [0.1, 0.15) is 20.7 Å². The molecule has 1 heterocycles. The van der Waals surface area contributed by atoms with Gasteiger partial charge in [-0.3, -0.25) is 4.79 Å². The first-order valence-corrected chi connectivity index (χ1v) is 6.35. The summed E-state index contributed by atoms with van der Waals surface area (Å²) in [6.45, 7) is 0. The van der Waals surface area contributed by atoms with Gasteiger partial charge in [-0.25, -0.2) is 4.79 Å². The van der Waals surface area contributed by atoms with Crippen LogP contribution in [-0.2, 0) is 0 Å². The monoisotopic (exact) mass is 297 g/mol. The van der Waals surface area contributed by atoms with E-state index in [0.717, 1.165) is 11.3 Å². The Morgan fingerprint density at radius 2 is 1.95 bits per heavy atom. The number of anilines is 1. The molecule has 0 atom stereocenters. The van der Waals surface area contributed by atoms with Crippen LogP contribution in [0.2, 0.25) is 5.02 Å². The third-order valence-electron chi connectivity index (χ3n) is 2.33. The van der Waals surface area contributed by atoms with Crippen molar-refractivity contribution in [1.82, 2.24) is 0 Å². The summed E-state index contributed by atoms with van der Waals surface area (Å²) >= 11 is 6.83. The highest BCUT2D eigenvalue weighted by Gasteiger charge is 2.17. The number of carboxylic acid groups (broad SMARTS) is 1. The molecule has 0 aliphatic heterocycles. The van der Waals surface area contributed by atoms with E-state index in [4.69, 9.17) is 16.7 Å². The molecule has 0 fully saturated rings. The number of phenols is 1. The molecule has 0 aliphatic carbocycles. The van der Waals surface area contributed by atoms with E-state index in [1.165, 1.54) is 24.3 Å². The van der Waals surface area contributed by atoms with Crippen molar-refractivity contribution in [3.63, 3.8) is 0 Å². The second kappa shape index (κ2) is 5.29. The molecule has 3 N–H and O–H groups in total. The maximum Gasteiger partial charge on any atom is 0.338 e. The van der Waals surface area contributed by atoms with Gasteiger partial charge < -0.3 is 15.5 Å². The van der Waals surface area contributed by atoms with E-state index in [9.17, 15) is 14.7 Å². The third kappa shape index (κ3) is 2.86. The summed E-state index contributed by atoms with van der Waals surface area (Å²) in [5.41, 5.74) is -0.0166. The minimum Gasteiger partial charge on any atom is -0.507 e. The molecule has 1 aromatic heterocycles. The molecule has 0 spiro atoms. The molecule has 19 heavy (non-hydrogen) atoms. The summed E-state index contributed by atoms with van der Waals surface area (Å²) in [5.74, 6) is -1.98. The number of hydrogen-bond donors (Lipinski definition) is 3. The van der Waals surface area contributed by atoms with Gasteiger partial charge in [0.25, 0.3) is 5.91 Å². The number of aromatic hydroxyl groups is 1. The predicted octanol–water partition coefficient (Wildman–Crippen LogP) is 3.06. The lowest BCUT2D eigenvalue weighted by Crippen LogP contribution is -2.13. The fourth-order valence-corrected chi connectivity index (χ4v) is 2.38. The van der Waals surface area contributed by atoms with Gasteiger partial charge in [0.05, 0.1) is 11.1 Å². The highest BCUT2D eigenvalue weighted by molar-refractivity contribution is 7.14. The number of phenolic OH excluding ortho intramolecular Hbond substituents is 1. The molecule has 98 valence electrons. The lowest BCUT2D eigenvalue weighted by Gasteiger charge is -2.06. The van der Waals surface area contributed by atoms with Crippen molar-refractivity contribution >= 4 is 39.8 Å². The van der Waals surface area contributed by atoms with E-state index in [1.54, 1.807) is 5.38 Å². The maximum absolute atomic E-state index is 11.9. The van der Waals surface area contributed by atoms with Gasteiger partial charge in [-0.05, 0) is 29.6 Å². The Hall–Kier alpha value is -2.05. The fraction of sp³-hybridized carbons (Fsp3) is 0. The number of thiophene rings is 1. The van der Waals surface area contributed by atoms with Crippen molar-refractivity contribution in [2.24, 2.45) is 0 Å². The Balaban J connectivity index is 2.28. The number of hydrogen-bond acceptors (Lipinski definition) is 4. The summed E-state index contributed by atoms with van der Waals surface area (Å²) < 4.78 is 0. The van der Waals surface area contributed by atoms with E-state index in [1.807, 2.05) is 0 Å². The van der Waals surface area contributed by atoms with Crippen LogP contribution in [0.15, 0.2) is 29.6 Å². The van der Waals surface area contributed by atoms with Crippen molar-refractivity contribution < 1.29 is 19.8 Å². The van der Waals surface area contributed by atoms with Crippen molar-refractivity contribution in [2.45, 2.75) is 0 Å². The molecular formula is C12H8ClNO4S.